The average molecular weight is 299 g/mol. The van der Waals surface area contributed by atoms with Gasteiger partial charge in [0.15, 0.2) is 0 Å². The van der Waals surface area contributed by atoms with Gasteiger partial charge in [0, 0.05) is 25.2 Å². The van der Waals surface area contributed by atoms with Gasteiger partial charge >= 0.3 is 0 Å². The van der Waals surface area contributed by atoms with Crippen LogP contribution in [0.3, 0.4) is 0 Å². The zero-order chi connectivity index (χ0) is 15.7. The fourth-order valence-corrected chi connectivity index (χ4v) is 3.02. The van der Waals surface area contributed by atoms with Crippen LogP contribution >= 0.6 is 0 Å². The van der Waals surface area contributed by atoms with E-state index >= 15 is 0 Å². The van der Waals surface area contributed by atoms with Gasteiger partial charge in [-0.3, -0.25) is 14.5 Å². The van der Waals surface area contributed by atoms with Gasteiger partial charge in [-0.1, -0.05) is 24.3 Å². The van der Waals surface area contributed by atoms with E-state index in [0.29, 0.717) is 11.4 Å². The fraction of sp³-hybridized carbons (Fsp3) is 0.471. The van der Waals surface area contributed by atoms with E-state index < -0.39 is 5.92 Å². The second kappa shape index (κ2) is 6.01. The molecule has 0 aromatic heterocycles. The molecule has 5 heteroatoms. The number of fused-ring (bicyclic) bond motifs is 1. The van der Waals surface area contributed by atoms with Crippen molar-refractivity contribution in [2.75, 3.05) is 13.1 Å². The van der Waals surface area contributed by atoms with Crippen LogP contribution in [-0.4, -0.2) is 41.9 Å². The molecule has 2 amide bonds. The quantitative estimate of drug-likeness (QED) is 0.789. The van der Waals surface area contributed by atoms with E-state index in [0.717, 1.165) is 24.7 Å². The molecule has 5 nitrogen and oxygen atoms in total. The first-order valence-electron chi connectivity index (χ1n) is 7.78. The molecule has 2 heterocycles. The maximum absolute atomic E-state index is 12.4. The third-order valence-electron chi connectivity index (χ3n) is 4.36. The van der Waals surface area contributed by atoms with E-state index in [9.17, 15) is 9.59 Å². The van der Waals surface area contributed by atoms with Gasteiger partial charge in [0.25, 0.3) is 5.91 Å². The fourth-order valence-electron chi connectivity index (χ4n) is 3.02. The molecule has 3 rings (SSSR count). The number of rotatable bonds is 3. The van der Waals surface area contributed by atoms with Crippen molar-refractivity contribution in [2.45, 2.75) is 32.4 Å². The molecular formula is C17H21N3O2. The van der Waals surface area contributed by atoms with Crippen LogP contribution in [0.15, 0.2) is 29.3 Å². The predicted octanol–water partition coefficient (Wildman–Crippen LogP) is -0.158. The number of carbonyl (C=O) groups excluding carboxylic acids is 2. The van der Waals surface area contributed by atoms with Crippen LogP contribution in [0.4, 0.5) is 0 Å². The lowest BCUT2D eigenvalue weighted by Gasteiger charge is -2.21. The van der Waals surface area contributed by atoms with E-state index in [1.54, 1.807) is 12.1 Å². The molecule has 1 aromatic carbocycles. The Labute approximate surface area is 129 Å². The number of hydrogen-bond acceptors (Lipinski definition) is 3. The summed E-state index contributed by atoms with van der Waals surface area (Å²) in [6.45, 7) is 6.13. The van der Waals surface area contributed by atoms with Crippen LogP contribution in [-0.2, 0) is 9.59 Å². The molecule has 0 saturated carbocycles. The van der Waals surface area contributed by atoms with E-state index in [4.69, 9.17) is 0 Å². The van der Waals surface area contributed by atoms with Crippen molar-refractivity contribution < 1.29 is 9.59 Å². The number of para-hydroxylation sites is 1. The molecule has 1 saturated heterocycles. The van der Waals surface area contributed by atoms with Gasteiger partial charge in [0.1, 0.15) is 5.92 Å². The van der Waals surface area contributed by atoms with Crippen molar-refractivity contribution in [1.82, 2.24) is 10.2 Å². The van der Waals surface area contributed by atoms with Crippen LogP contribution < -0.4 is 15.9 Å². The molecule has 2 atom stereocenters. The lowest BCUT2D eigenvalue weighted by atomic mass is 10.0. The summed E-state index contributed by atoms with van der Waals surface area (Å²) in [4.78, 5) is 30.8. The van der Waals surface area contributed by atoms with Gasteiger partial charge in [-0.2, -0.15) is 0 Å². The molecule has 22 heavy (non-hydrogen) atoms. The number of hydrogen-bond donors (Lipinski definition) is 1. The van der Waals surface area contributed by atoms with Crippen molar-refractivity contribution in [3.05, 3.63) is 34.8 Å². The monoisotopic (exact) mass is 299 g/mol. The van der Waals surface area contributed by atoms with Gasteiger partial charge in [-0.05, 0) is 31.6 Å². The van der Waals surface area contributed by atoms with Crippen molar-refractivity contribution in [1.29, 1.82) is 0 Å². The molecule has 0 spiro atoms. The second-order valence-electron chi connectivity index (χ2n) is 6.24. The maximum atomic E-state index is 12.4. The smallest absolute Gasteiger partial charge is 0.262 e. The lowest BCUT2D eigenvalue weighted by Crippen LogP contribution is -2.45. The number of amides is 2. The first-order chi connectivity index (χ1) is 10.5. The summed E-state index contributed by atoms with van der Waals surface area (Å²) in [7, 11) is 0. The van der Waals surface area contributed by atoms with Crippen molar-refractivity contribution >= 4 is 17.9 Å². The Morgan fingerprint density at radius 3 is 2.86 bits per heavy atom. The normalized spacial score (nSPS) is 24.6. The van der Waals surface area contributed by atoms with Gasteiger partial charge in [0.2, 0.25) is 5.91 Å². The zero-order valence-electron chi connectivity index (χ0n) is 13.0. The molecule has 0 aliphatic carbocycles. The molecule has 1 aromatic rings. The highest BCUT2D eigenvalue weighted by atomic mass is 16.2. The number of likely N-dealkylation sites (tertiary alicyclic amines) is 1. The standard InChI is InChI=1S/C17H21N3O2/c1-11(2)20-8-7-13(10-20)18-16(21)14-9-12-5-3-4-6-15(12)19-17(14)22/h3-6,9,11,13-14H,7-8,10H2,1-2H3,(H,18,21). The Bertz CT molecular complexity index is 711. The summed E-state index contributed by atoms with van der Waals surface area (Å²) in [6.07, 6.45) is 2.65. The minimum atomic E-state index is -0.803. The van der Waals surface area contributed by atoms with Gasteiger partial charge in [-0.15, -0.1) is 0 Å². The van der Waals surface area contributed by atoms with Crippen molar-refractivity contribution in [2.24, 2.45) is 10.9 Å². The third-order valence-corrected chi connectivity index (χ3v) is 4.36. The Morgan fingerprint density at radius 1 is 1.36 bits per heavy atom. The minimum Gasteiger partial charge on any atom is -0.351 e. The SMILES string of the molecule is CC(C)N1CCC(NC(=O)C2C=c3ccccc3=NC2=O)C1. The Kier molecular flexibility index (Phi) is 4.07. The molecule has 0 radical (unpaired) electrons. The Hall–Kier alpha value is -2.01. The summed E-state index contributed by atoms with van der Waals surface area (Å²) in [6, 6.07) is 7.98. The zero-order valence-corrected chi connectivity index (χ0v) is 13.0. The molecular weight excluding hydrogens is 278 g/mol. The second-order valence-corrected chi connectivity index (χ2v) is 6.24. The topological polar surface area (TPSA) is 61.8 Å². The highest BCUT2D eigenvalue weighted by Crippen LogP contribution is 2.14. The van der Waals surface area contributed by atoms with E-state index in [2.05, 4.69) is 29.1 Å². The summed E-state index contributed by atoms with van der Waals surface area (Å²) in [5.41, 5.74) is 0. The predicted molar refractivity (Wildman–Crippen MR) is 83.4 cm³/mol. The maximum Gasteiger partial charge on any atom is 0.262 e. The van der Waals surface area contributed by atoms with Crippen LogP contribution in [0.5, 0.6) is 0 Å². The Morgan fingerprint density at radius 2 is 2.14 bits per heavy atom. The van der Waals surface area contributed by atoms with Crippen LogP contribution in [0.2, 0.25) is 0 Å². The number of carbonyl (C=O) groups is 2. The van der Waals surface area contributed by atoms with Crippen LogP contribution in [0, 0.1) is 5.92 Å². The highest BCUT2D eigenvalue weighted by Gasteiger charge is 2.30. The van der Waals surface area contributed by atoms with Gasteiger partial charge < -0.3 is 5.32 Å². The van der Waals surface area contributed by atoms with Crippen LogP contribution in [0.1, 0.15) is 20.3 Å². The van der Waals surface area contributed by atoms with Crippen molar-refractivity contribution in [3.8, 4) is 0 Å². The number of benzene rings is 1. The molecule has 0 bridgehead atoms. The number of nitrogens with one attached hydrogen (secondary N) is 1. The largest absolute Gasteiger partial charge is 0.351 e. The van der Waals surface area contributed by atoms with E-state index in [-0.39, 0.29) is 17.9 Å². The Balaban J connectivity index is 1.71. The molecule has 2 aliphatic heterocycles. The minimum absolute atomic E-state index is 0.119. The third kappa shape index (κ3) is 2.95. The summed E-state index contributed by atoms with van der Waals surface area (Å²) in [5, 5.41) is 4.49. The van der Waals surface area contributed by atoms with Crippen LogP contribution in [0.25, 0.3) is 6.08 Å². The number of nitrogens with zero attached hydrogens (tertiary/aromatic N) is 2. The first-order valence-corrected chi connectivity index (χ1v) is 7.78. The van der Waals surface area contributed by atoms with E-state index in [1.165, 1.54) is 0 Å². The van der Waals surface area contributed by atoms with Gasteiger partial charge in [0.05, 0.1) is 5.36 Å². The lowest BCUT2D eigenvalue weighted by molar-refractivity contribution is -0.131. The highest BCUT2D eigenvalue weighted by molar-refractivity contribution is 6.06. The molecule has 2 unspecified atom stereocenters. The van der Waals surface area contributed by atoms with Crippen molar-refractivity contribution in [3.63, 3.8) is 0 Å². The molecule has 116 valence electrons. The van der Waals surface area contributed by atoms with Gasteiger partial charge in [-0.25, -0.2) is 4.99 Å². The summed E-state index contributed by atoms with van der Waals surface area (Å²) >= 11 is 0. The van der Waals surface area contributed by atoms with E-state index in [1.807, 2.05) is 18.2 Å². The molecule has 1 N–H and O–H groups in total. The summed E-state index contributed by atoms with van der Waals surface area (Å²) < 4.78 is 0. The first kappa shape index (κ1) is 14.9. The average Bonchev–Trinajstić information content (AvgIpc) is 2.95. The molecule has 1 fully saturated rings. The molecule has 2 aliphatic rings. The summed E-state index contributed by atoms with van der Waals surface area (Å²) in [5.74, 6) is -1.42.